The highest BCUT2D eigenvalue weighted by Gasteiger charge is 2.69. The number of aromatic nitrogens is 1. The number of rotatable bonds is 2. The quantitative estimate of drug-likeness (QED) is 0.487. The van der Waals surface area contributed by atoms with E-state index in [2.05, 4.69) is 4.98 Å². The highest BCUT2D eigenvalue weighted by Crippen LogP contribution is 2.50. The molecule has 0 saturated heterocycles. The van der Waals surface area contributed by atoms with Gasteiger partial charge in [0.25, 0.3) is 0 Å². The van der Waals surface area contributed by atoms with E-state index in [1.165, 1.54) is 6.20 Å². The van der Waals surface area contributed by atoms with Crippen molar-refractivity contribution in [2.75, 3.05) is 7.11 Å². The Morgan fingerprint density at radius 3 is 2.55 bits per heavy atom. The third-order valence-corrected chi connectivity index (χ3v) is 6.50. The number of nitrogens with two attached hydrogens (primary N) is 2. The first-order valence-electron chi connectivity index (χ1n) is 9.09. The second-order valence-electron chi connectivity index (χ2n) is 7.77. The summed E-state index contributed by atoms with van der Waals surface area (Å²) in [5, 5.41) is 10.1. The molecule has 29 heavy (non-hydrogen) atoms. The molecular formula is C19H19N3O7. The third kappa shape index (κ3) is 2.29. The van der Waals surface area contributed by atoms with Crippen LogP contribution in [0.25, 0.3) is 0 Å². The van der Waals surface area contributed by atoms with E-state index in [9.17, 15) is 29.1 Å². The number of fused-ring (bicyclic) bond motifs is 3. The lowest BCUT2D eigenvalue weighted by Crippen LogP contribution is -2.74. The first kappa shape index (κ1) is 19.3. The van der Waals surface area contributed by atoms with Gasteiger partial charge < -0.3 is 21.3 Å². The number of methoxy groups -OCH3 is 1. The predicted octanol–water partition coefficient (Wildman–Crippen LogP) is -1.69. The summed E-state index contributed by atoms with van der Waals surface area (Å²) < 4.78 is 5.36. The SMILES string of the molecule is COC12C(=O)C(C(N)=O)C(=O)C(N)C1CC1Cc3cncc(O)c3C(=O)C1C2=O. The molecule has 3 aliphatic rings. The van der Waals surface area contributed by atoms with Gasteiger partial charge in [0.2, 0.25) is 5.91 Å². The lowest BCUT2D eigenvalue weighted by Gasteiger charge is -2.52. The molecule has 6 unspecified atom stereocenters. The molecule has 0 spiro atoms. The van der Waals surface area contributed by atoms with Gasteiger partial charge in [-0.25, -0.2) is 0 Å². The zero-order valence-electron chi connectivity index (χ0n) is 15.5. The Labute approximate surface area is 164 Å². The fourth-order valence-electron chi connectivity index (χ4n) is 5.22. The normalized spacial score (nSPS) is 36.3. The van der Waals surface area contributed by atoms with E-state index >= 15 is 0 Å². The number of primary amides is 1. The molecule has 0 aromatic carbocycles. The van der Waals surface area contributed by atoms with E-state index in [4.69, 9.17) is 16.2 Å². The van der Waals surface area contributed by atoms with Crippen molar-refractivity contribution in [3.8, 4) is 5.75 Å². The van der Waals surface area contributed by atoms with Gasteiger partial charge >= 0.3 is 0 Å². The van der Waals surface area contributed by atoms with Gasteiger partial charge in [-0.1, -0.05) is 0 Å². The number of pyridine rings is 1. The summed E-state index contributed by atoms with van der Waals surface area (Å²) >= 11 is 0. The summed E-state index contributed by atoms with van der Waals surface area (Å²) in [5.41, 5.74) is 9.51. The van der Waals surface area contributed by atoms with Crippen LogP contribution in [0.4, 0.5) is 0 Å². The monoisotopic (exact) mass is 401 g/mol. The Morgan fingerprint density at radius 2 is 1.93 bits per heavy atom. The van der Waals surface area contributed by atoms with Crippen molar-refractivity contribution >= 4 is 29.0 Å². The molecule has 1 amide bonds. The molecule has 2 fully saturated rings. The highest BCUT2D eigenvalue weighted by atomic mass is 16.5. The Bertz CT molecular complexity index is 990. The smallest absolute Gasteiger partial charge is 0.235 e. The van der Waals surface area contributed by atoms with Gasteiger partial charge in [-0.15, -0.1) is 0 Å². The van der Waals surface area contributed by atoms with Crippen molar-refractivity contribution in [2.45, 2.75) is 24.5 Å². The summed E-state index contributed by atoms with van der Waals surface area (Å²) in [4.78, 5) is 67.9. The molecule has 2 saturated carbocycles. The van der Waals surface area contributed by atoms with Gasteiger partial charge in [0.15, 0.2) is 34.7 Å². The number of hydrogen-bond acceptors (Lipinski definition) is 9. The second-order valence-corrected chi connectivity index (χ2v) is 7.77. The van der Waals surface area contributed by atoms with Gasteiger partial charge in [-0.3, -0.25) is 29.0 Å². The summed E-state index contributed by atoms with van der Waals surface area (Å²) in [6, 6.07) is -1.33. The minimum Gasteiger partial charge on any atom is -0.506 e. The van der Waals surface area contributed by atoms with Gasteiger partial charge in [-0.2, -0.15) is 0 Å². The van der Waals surface area contributed by atoms with E-state index in [-0.39, 0.29) is 24.2 Å². The van der Waals surface area contributed by atoms with Crippen LogP contribution in [-0.2, 0) is 30.3 Å². The number of ether oxygens (including phenoxy) is 1. The molecule has 10 nitrogen and oxygen atoms in total. The molecule has 10 heteroatoms. The molecule has 1 aromatic heterocycles. The van der Waals surface area contributed by atoms with Crippen LogP contribution in [0.5, 0.6) is 5.75 Å². The van der Waals surface area contributed by atoms with E-state index in [1.807, 2.05) is 0 Å². The Morgan fingerprint density at radius 1 is 1.24 bits per heavy atom. The minimum absolute atomic E-state index is 0.0191. The van der Waals surface area contributed by atoms with Gasteiger partial charge in [-0.05, 0) is 24.3 Å². The summed E-state index contributed by atoms with van der Waals surface area (Å²) in [6.07, 6.45) is 2.85. The van der Waals surface area contributed by atoms with Crippen molar-refractivity contribution in [1.29, 1.82) is 0 Å². The maximum atomic E-state index is 13.5. The number of amides is 1. The number of carbonyl (C=O) groups excluding carboxylic acids is 5. The molecule has 1 heterocycles. The molecule has 3 aliphatic carbocycles. The molecule has 152 valence electrons. The highest BCUT2D eigenvalue weighted by molar-refractivity contribution is 6.32. The number of nitrogens with zero attached hydrogens (tertiary/aromatic N) is 1. The van der Waals surface area contributed by atoms with Crippen molar-refractivity contribution in [2.24, 2.45) is 35.1 Å². The van der Waals surface area contributed by atoms with E-state index in [0.29, 0.717) is 5.56 Å². The van der Waals surface area contributed by atoms with Crippen molar-refractivity contribution in [1.82, 2.24) is 4.98 Å². The standard InChI is InChI=1S/C19H19N3O7/c1-29-19-8(13(20)15(25)12(17(19)27)18(21)28)3-6-2-7-4-22-5-9(23)10(7)14(24)11(6)16(19)26/h4-6,8,11-13,23H,2-3,20H2,1H3,(H2,21,28). The Kier molecular flexibility index (Phi) is 4.18. The molecule has 5 N–H and O–H groups in total. The third-order valence-electron chi connectivity index (χ3n) is 6.50. The van der Waals surface area contributed by atoms with Crippen LogP contribution in [0.1, 0.15) is 22.3 Å². The molecule has 6 atom stereocenters. The minimum atomic E-state index is -2.22. The fraction of sp³-hybridized carbons (Fsp3) is 0.474. The largest absolute Gasteiger partial charge is 0.506 e. The van der Waals surface area contributed by atoms with Crippen LogP contribution in [0.15, 0.2) is 12.4 Å². The van der Waals surface area contributed by atoms with Gasteiger partial charge in [0, 0.05) is 19.2 Å². The van der Waals surface area contributed by atoms with Crippen LogP contribution >= 0.6 is 0 Å². The molecule has 4 rings (SSSR count). The van der Waals surface area contributed by atoms with Crippen LogP contribution < -0.4 is 11.5 Å². The Hall–Kier alpha value is -2.98. The summed E-state index contributed by atoms with van der Waals surface area (Å²) in [7, 11) is 1.10. The Balaban J connectivity index is 1.87. The molecular weight excluding hydrogens is 382 g/mol. The first-order valence-corrected chi connectivity index (χ1v) is 9.09. The molecule has 0 radical (unpaired) electrons. The summed E-state index contributed by atoms with van der Waals surface area (Å²) in [6.45, 7) is 0. The topological polar surface area (TPSA) is 180 Å². The van der Waals surface area contributed by atoms with Crippen molar-refractivity contribution < 1.29 is 33.8 Å². The van der Waals surface area contributed by atoms with Crippen LogP contribution in [0.3, 0.4) is 0 Å². The van der Waals surface area contributed by atoms with Crippen molar-refractivity contribution in [3.63, 3.8) is 0 Å². The van der Waals surface area contributed by atoms with Crippen LogP contribution in [0, 0.1) is 23.7 Å². The predicted molar refractivity (Wildman–Crippen MR) is 94.4 cm³/mol. The zero-order valence-corrected chi connectivity index (χ0v) is 15.5. The molecule has 1 aromatic rings. The molecule has 0 bridgehead atoms. The van der Waals surface area contributed by atoms with Gasteiger partial charge in [0.1, 0.15) is 5.75 Å². The maximum absolute atomic E-state index is 13.5. The average molecular weight is 401 g/mol. The first-order chi connectivity index (χ1) is 13.7. The summed E-state index contributed by atoms with van der Waals surface area (Å²) in [5.74, 6) is -9.77. The van der Waals surface area contributed by atoms with E-state index in [0.717, 1.165) is 13.3 Å². The number of ketones is 4. The van der Waals surface area contributed by atoms with E-state index in [1.54, 1.807) is 0 Å². The number of aromatic hydroxyl groups is 1. The zero-order chi connectivity index (χ0) is 21.2. The van der Waals surface area contributed by atoms with E-state index < -0.39 is 64.4 Å². The van der Waals surface area contributed by atoms with Crippen LogP contribution in [-0.4, -0.2) is 57.9 Å². The lowest BCUT2D eigenvalue weighted by atomic mass is 9.52. The van der Waals surface area contributed by atoms with Gasteiger partial charge in [0.05, 0.1) is 23.7 Å². The second kappa shape index (κ2) is 6.26. The fourth-order valence-corrected chi connectivity index (χ4v) is 5.22. The number of Topliss-reactive ketones (excluding diaryl/α,β-unsaturated/α-hetero) is 4. The van der Waals surface area contributed by atoms with Crippen molar-refractivity contribution in [3.05, 3.63) is 23.5 Å². The number of carbonyl (C=O) groups is 5. The maximum Gasteiger partial charge on any atom is 0.235 e. The van der Waals surface area contributed by atoms with Crippen LogP contribution in [0.2, 0.25) is 0 Å². The molecule has 0 aliphatic heterocycles. The number of hydrogen-bond donors (Lipinski definition) is 3. The lowest BCUT2D eigenvalue weighted by molar-refractivity contribution is -0.181. The average Bonchev–Trinajstić information content (AvgIpc) is 2.66.